The van der Waals surface area contributed by atoms with Gasteiger partial charge in [0.25, 0.3) is 5.91 Å². The number of carbonyl (C=O) groups excluding carboxylic acids is 2. The Kier molecular flexibility index (Phi) is 6.63. The first-order valence-electron chi connectivity index (χ1n) is 8.55. The topological polar surface area (TPSA) is 75.4 Å². The third kappa shape index (κ3) is 4.28. The zero-order valence-corrected chi connectivity index (χ0v) is 14.7. The maximum Gasteiger partial charge on any atom is 0.251 e. The average Bonchev–Trinajstić information content (AvgIpc) is 3.17. The molecule has 0 spiro atoms. The van der Waals surface area contributed by atoms with Gasteiger partial charge in [0.05, 0.1) is 0 Å². The Morgan fingerprint density at radius 3 is 2.58 bits per heavy atom. The summed E-state index contributed by atoms with van der Waals surface area (Å²) in [5, 5.41) is 3.11. The van der Waals surface area contributed by atoms with Crippen LogP contribution in [0.15, 0.2) is 24.3 Å². The van der Waals surface area contributed by atoms with Gasteiger partial charge in [0.15, 0.2) is 0 Å². The molecule has 132 valence electrons. The number of hydrogen-bond donors (Lipinski definition) is 2. The lowest BCUT2D eigenvalue weighted by atomic mass is 10.0. The molecule has 1 heterocycles. The standard InChI is InChI=1S/C18H25N3O2.ClH/c19-11-15-3-1-4-16(15)20-18(23)14-8-6-13(7-9-14)12-21-10-2-5-17(21)22;/h6-9,15-16H,1-5,10-12,19H2,(H,20,23);1H. The molecule has 1 aromatic rings. The number of likely N-dealkylation sites (tertiary alicyclic amines) is 1. The first-order chi connectivity index (χ1) is 11.2. The first-order valence-corrected chi connectivity index (χ1v) is 8.55. The third-order valence-electron chi connectivity index (χ3n) is 5.04. The molecule has 24 heavy (non-hydrogen) atoms. The summed E-state index contributed by atoms with van der Waals surface area (Å²) in [7, 11) is 0. The maximum absolute atomic E-state index is 12.4. The molecule has 6 heteroatoms. The number of hydrogen-bond acceptors (Lipinski definition) is 3. The smallest absolute Gasteiger partial charge is 0.251 e. The number of benzene rings is 1. The Hall–Kier alpha value is -1.59. The second-order valence-electron chi connectivity index (χ2n) is 6.62. The van der Waals surface area contributed by atoms with Crippen LogP contribution in [0.2, 0.25) is 0 Å². The molecule has 3 rings (SSSR count). The van der Waals surface area contributed by atoms with Gasteiger partial charge in [-0.25, -0.2) is 0 Å². The number of nitrogens with two attached hydrogens (primary N) is 1. The molecule has 2 unspecified atom stereocenters. The van der Waals surface area contributed by atoms with Crippen molar-refractivity contribution in [1.82, 2.24) is 10.2 Å². The average molecular weight is 352 g/mol. The molecule has 1 aliphatic heterocycles. The second kappa shape index (κ2) is 8.49. The van der Waals surface area contributed by atoms with Gasteiger partial charge in [-0.3, -0.25) is 9.59 Å². The van der Waals surface area contributed by atoms with E-state index in [1.54, 1.807) is 0 Å². The van der Waals surface area contributed by atoms with Crippen LogP contribution >= 0.6 is 12.4 Å². The molecule has 3 N–H and O–H groups in total. The number of rotatable bonds is 5. The van der Waals surface area contributed by atoms with Crippen molar-refractivity contribution >= 4 is 24.2 Å². The molecule has 1 aromatic carbocycles. The zero-order chi connectivity index (χ0) is 16.2. The molecule has 2 atom stereocenters. The highest BCUT2D eigenvalue weighted by Crippen LogP contribution is 2.25. The largest absolute Gasteiger partial charge is 0.349 e. The van der Waals surface area contributed by atoms with E-state index in [0.717, 1.165) is 37.8 Å². The molecular formula is C18H26ClN3O2. The third-order valence-corrected chi connectivity index (χ3v) is 5.04. The molecular weight excluding hydrogens is 326 g/mol. The van der Waals surface area contributed by atoms with Crippen molar-refractivity contribution in [2.24, 2.45) is 11.7 Å². The van der Waals surface area contributed by atoms with E-state index in [2.05, 4.69) is 5.32 Å². The molecule has 2 amide bonds. The van der Waals surface area contributed by atoms with Crippen molar-refractivity contribution in [3.63, 3.8) is 0 Å². The van der Waals surface area contributed by atoms with Gasteiger partial charge in [-0.15, -0.1) is 12.4 Å². The minimum absolute atomic E-state index is 0. The first kappa shape index (κ1) is 18.7. The lowest BCUT2D eigenvalue weighted by Crippen LogP contribution is -2.39. The van der Waals surface area contributed by atoms with Crippen LogP contribution in [0.3, 0.4) is 0 Å². The fourth-order valence-corrected chi connectivity index (χ4v) is 3.61. The van der Waals surface area contributed by atoms with E-state index in [9.17, 15) is 9.59 Å². The highest BCUT2D eigenvalue weighted by atomic mass is 35.5. The van der Waals surface area contributed by atoms with E-state index in [-0.39, 0.29) is 30.3 Å². The summed E-state index contributed by atoms with van der Waals surface area (Å²) in [5.41, 5.74) is 7.50. The monoisotopic (exact) mass is 351 g/mol. The fraction of sp³-hybridized carbons (Fsp3) is 0.556. The number of halogens is 1. The second-order valence-corrected chi connectivity index (χ2v) is 6.62. The van der Waals surface area contributed by atoms with E-state index < -0.39 is 0 Å². The summed E-state index contributed by atoms with van der Waals surface area (Å²) in [5.74, 6) is 0.597. The van der Waals surface area contributed by atoms with Crippen LogP contribution in [-0.2, 0) is 11.3 Å². The van der Waals surface area contributed by atoms with Gasteiger partial charge < -0.3 is 16.0 Å². The number of nitrogens with zero attached hydrogens (tertiary/aromatic N) is 1. The van der Waals surface area contributed by atoms with E-state index in [1.165, 1.54) is 0 Å². The molecule has 0 radical (unpaired) electrons. The summed E-state index contributed by atoms with van der Waals surface area (Å²) in [6.45, 7) is 2.11. The van der Waals surface area contributed by atoms with E-state index in [1.807, 2.05) is 29.2 Å². The lowest BCUT2D eigenvalue weighted by molar-refractivity contribution is -0.128. The number of amides is 2. The Morgan fingerprint density at radius 1 is 1.21 bits per heavy atom. The van der Waals surface area contributed by atoms with Gasteiger partial charge in [-0.05, 0) is 49.4 Å². The van der Waals surface area contributed by atoms with Crippen LogP contribution in [0.1, 0.15) is 48.0 Å². The van der Waals surface area contributed by atoms with Gasteiger partial charge in [-0.2, -0.15) is 0 Å². The van der Waals surface area contributed by atoms with Gasteiger partial charge in [0, 0.05) is 31.1 Å². The van der Waals surface area contributed by atoms with Crippen LogP contribution in [0.4, 0.5) is 0 Å². The van der Waals surface area contributed by atoms with Crippen molar-refractivity contribution in [1.29, 1.82) is 0 Å². The van der Waals surface area contributed by atoms with E-state index >= 15 is 0 Å². The Balaban J connectivity index is 0.00000208. The van der Waals surface area contributed by atoms with Crippen LogP contribution < -0.4 is 11.1 Å². The van der Waals surface area contributed by atoms with E-state index in [0.29, 0.717) is 31.0 Å². The van der Waals surface area contributed by atoms with Gasteiger partial charge >= 0.3 is 0 Å². The molecule has 1 aliphatic carbocycles. The molecule has 0 bridgehead atoms. The van der Waals surface area contributed by atoms with Crippen molar-refractivity contribution in [2.75, 3.05) is 13.1 Å². The molecule has 1 saturated carbocycles. The van der Waals surface area contributed by atoms with Crippen molar-refractivity contribution in [2.45, 2.75) is 44.7 Å². The Morgan fingerprint density at radius 2 is 1.96 bits per heavy atom. The van der Waals surface area contributed by atoms with Crippen molar-refractivity contribution < 1.29 is 9.59 Å². The Bertz CT molecular complexity index is 576. The quantitative estimate of drug-likeness (QED) is 0.852. The van der Waals surface area contributed by atoms with Crippen LogP contribution in [0, 0.1) is 5.92 Å². The summed E-state index contributed by atoms with van der Waals surface area (Å²) in [6.07, 6.45) is 4.86. The maximum atomic E-state index is 12.4. The van der Waals surface area contributed by atoms with Crippen LogP contribution in [-0.4, -0.2) is 35.8 Å². The van der Waals surface area contributed by atoms with Gasteiger partial charge in [0.2, 0.25) is 5.91 Å². The van der Waals surface area contributed by atoms with Gasteiger partial charge in [0.1, 0.15) is 0 Å². The molecule has 5 nitrogen and oxygen atoms in total. The van der Waals surface area contributed by atoms with E-state index in [4.69, 9.17) is 5.73 Å². The fourth-order valence-electron chi connectivity index (χ4n) is 3.61. The molecule has 0 aromatic heterocycles. The number of nitrogens with one attached hydrogen (secondary N) is 1. The molecule has 2 aliphatic rings. The zero-order valence-electron chi connectivity index (χ0n) is 13.9. The minimum Gasteiger partial charge on any atom is -0.349 e. The highest BCUT2D eigenvalue weighted by molar-refractivity contribution is 5.94. The van der Waals surface area contributed by atoms with Crippen LogP contribution in [0.5, 0.6) is 0 Å². The summed E-state index contributed by atoms with van der Waals surface area (Å²) in [4.78, 5) is 25.9. The minimum atomic E-state index is -0.0286. The summed E-state index contributed by atoms with van der Waals surface area (Å²) < 4.78 is 0. The molecule has 1 saturated heterocycles. The SMILES string of the molecule is Cl.NCC1CCCC1NC(=O)c1ccc(CN2CCCC2=O)cc1. The van der Waals surface area contributed by atoms with Crippen molar-refractivity contribution in [3.8, 4) is 0 Å². The number of carbonyl (C=O) groups is 2. The molecule has 2 fully saturated rings. The lowest BCUT2D eigenvalue weighted by Gasteiger charge is -2.19. The summed E-state index contributed by atoms with van der Waals surface area (Å²) in [6, 6.07) is 7.77. The summed E-state index contributed by atoms with van der Waals surface area (Å²) >= 11 is 0. The normalized spacial score (nSPS) is 23.2. The van der Waals surface area contributed by atoms with Crippen LogP contribution in [0.25, 0.3) is 0 Å². The Labute approximate surface area is 149 Å². The van der Waals surface area contributed by atoms with Gasteiger partial charge in [-0.1, -0.05) is 18.6 Å². The highest BCUT2D eigenvalue weighted by Gasteiger charge is 2.27. The predicted octanol–water partition coefficient (Wildman–Crippen LogP) is 2.09. The van der Waals surface area contributed by atoms with Crippen molar-refractivity contribution in [3.05, 3.63) is 35.4 Å². The predicted molar refractivity (Wildman–Crippen MR) is 96.0 cm³/mol.